The molecule has 0 saturated carbocycles. The van der Waals surface area contributed by atoms with E-state index in [0.717, 1.165) is 16.6 Å². The fourth-order valence-corrected chi connectivity index (χ4v) is 2.76. The second-order valence-electron chi connectivity index (χ2n) is 5.24. The van der Waals surface area contributed by atoms with Gasteiger partial charge >= 0.3 is 0 Å². The van der Waals surface area contributed by atoms with Crippen LogP contribution in [0.1, 0.15) is 11.3 Å². The standard InChI is InChI=1S/C17H16FN3O/c1-4-8-20-15(22)9-11(2)16-12(3)19-21(17(16)20)14-7-5-6-13(18)10-14/h4-7,9-10H,1,8H2,2-3H3. The summed E-state index contributed by atoms with van der Waals surface area (Å²) in [4.78, 5) is 12.3. The number of rotatable bonds is 3. The summed E-state index contributed by atoms with van der Waals surface area (Å²) in [6.07, 6.45) is 1.66. The van der Waals surface area contributed by atoms with Gasteiger partial charge in [-0.15, -0.1) is 6.58 Å². The number of benzene rings is 1. The summed E-state index contributed by atoms with van der Waals surface area (Å²) in [5, 5.41) is 5.41. The summed E-state index contributed by atoms with van der Waals surface area (Å²) >= 11 is 0. The molecule has 0 amide bonds. The van der Waals surface area contributed by atoms with Gasteiger partial charge in [-0.25, -0.2) is 9.07 Å². The smallest absolute Gasteiger partial charge is 0.252 e. The van der Waals surface area contributed by atoms with Crippen molar-refractivity contribution in [2.24, 2.45) is 0 Å². The highest BCUT2D eigenvalue weighted by Crippen LogP contribution is 2.24. The van der Waals surface area contributed by atoms with Crippen LogP contribution in [0.25, 0.3) is 16.7 Å². The van der Waals surface area contributed by atoms with Gasteiger partial charge in [-0.05, 0) is 37.6 Å². The third-order valence-electron chi connectivity index (χ3n) is 3.66. The molecule has 5 heteroatoms. The molecule has 112 valence electrons. The molecule has 0 atom stereocenters. The maximum absolute atomic E-state index is 13.5. The third kappa shape index (κ3) is 2.15. The number of hydrogen-bond donors (Lipinski definition) is 0. The number of fused-ring (bicyclic) bond motifs is 1. The van der Waals surface area contributed by atoms with Crippen LogP contribution < -0.4 is 5.56 Å². The van der Waals surface area contributed by atoms with Crippen molar-refractivity contribution in [2.45, 2.75) is 20.4 Å². The van der Waals surface area contributed by atoms with Gasteiger partial charge in [-0.2, -0.15) is 5.10 Å². The van der Waals surface area contributed by atoms with Gasteiger partial charge in [0, 0.05) is 18.0 Å². The summed E-state index contributed by atoms with van der Waals surface area (Å²) < 4.78 is 16.8. The zero-order valence-electron chi connectivity index (χ0n) is 12.5. The molecular formula is C17H16FN3O. The number of aryl methyl sites for hydroxylation is 2. The van der Waals surface area contributed by atoms with Gasteiger partial charge in [0.15, 0.2) is 0 Å². The summed E-state index contributed by atoms with van der Waals surface area (Å²) in [7, 11) is 0. The van der Waals surface area contributed by atoms with Crippen molar-refractivity contribution in [1.29, 1.82) is 0 Å². The Morgan fingerprint density at radius 2 is 2.09 bits per heavy atom. The first kappa shape index (κ1) is 14.3. The second-order valence-corrected chi connectivity index (χ2v) is 5.24. The highest BCUT2D eigenvalue weighted by molar-refractivity contribution is 5.83. The van der Waals surface area contributed by atoms with Crippen molar-refractivity contribution in [2.75, 3.05) is 0 Å². The van der Waals surface area contributed by atoms with Crippen LogP contribution in [0.4, 0.5) is 4.39 Å². The zero-order chi connectivity index (χ0) is 15.9. The van der Waals surface area contributed by atoms with E-state index in [9.17, 15) is 9.18 Å². The molecule has 0 radical (unpaired) electrons. The lowest BCUT2D eigenvalue weighted by Gasteiger charge is -2.10. The van der Waals surface area contributed by atoms with Crippen molar-refractivity contribution >= 4 is 11.0 Å². The summed E-state index contributed by atoms with van der Waals surface area (Å²) in [5.41, 5.74) is 2.78. The van der Waals surface area contributed by atoms with Crippen molar-refractivity contribution in [1.82, 2.24) is 14.3 Å². The molecule has 0 bridgehead atoms. The highest BCUT2D eigenvalue weighted by atomic mass is 19.1. The van der Waals surface area contributed by atoms with E-state index in [1.807, 2.05) is 13.8 Å². The molecule has 0 N–H and O–H groups in total. The lowest BCUT2D eigenvalue weighted by Crippen LogP contribution is -2.21. The Labute approximate surface area is 127 Å². The topological polar surface area (TPSA) is 39.8 Å². The number of aromatic nitrogens is 3. The number of allylic oxidation sites excluding steroid dienone is 1. The van der Waals surface area contributed by atoms with Crippen molar-refractivity contribution in [3.8, 4) is 5.69 Å². The van der Waals surface area contributed by atoms with Gasteiger partial charge in [0.05, 0.1) is 11.4 Å². The number of halogens is 1. The maximum Gasteiger partial charge on any atom is 0.252 e. The van der Waals surface area contributed by atoms with Crippen LogP contribution in [-0.2, 0) is 6.54 Å². The Hall–Kier alpha value is -2.69. The first-order valence-electron chi connectivity index (χ1n) is 6.99. The maximum atomic E-state index is 13.5. The van der Waals surface area contributed by atoms with E-state index in [4.69, 9.17) is 0 Å². The quantitative estimate of drug-likeness (QED) is 0.697. The largest absolute Gasteiger partial charge is 0.289 e. The molecule has 0 spiro atoms. The normalized spacial score (nSPS) is 11.0. The predicted molar refractivity (Wildman–Crippen MR) is 85.0 cm³/mol. The van der Waals surface area contributed by atoms with Crippen LogP contribution in [-0.4, -0.2) is 14.3 Å². The molecule has 0 aliphatic rings. The first-order chi connectivity index (χ1) is 10.5. The Balaban J connectivity index is 2.46. The summed E-state index contributed by atoms with van der Waals surface area (Å²) in [6, 6.07) is 7.76. The van der Waals surface area contributed by atoms with Crippen LogP contribution in [0.15, 0.2) is 47.8 Å². The van der Waals surface area contributed by atoms with Crippen molar-refractivity contribution in [3.63, 3.8) is 0 Å². The van der Waals surface area contributed by atoms with Crippen LogP contribution >= 0.6 is 0 Å². The fourth-order valence-electron chi connectivity index (χ4n) is 2.76. The van der Waals surface area contributed by atoms with E-state index >= 15 is 0 Å². The lowest BCUT2D eigenvalue weighted by atomic mass is 10.1. The van der Waals surface area contributed by atoms with E-state index in [-0.39, 0.29) is 11.4 Å². The SMILES string of the molecule is C=CCn1c(=O)cc(C)c2c(C)nn(-c3cccc(F)c3)c21. The minimum atomic E-state index is -0.343. The van der Waals surface area contributed by atoms with Crippen LogP contribution in [0.5, 0.6) is 0 Å². The molecule has 2 aromatic heterocycles. The molecule has 3 rings (SSSR count). The van der Waals surface area contributed by atoms with Crippen molar-refractivity contribution in [3.05, 3.63) is 70.4 Å². The molecule has 0 aliphatic carbocycles. The van der Waals surface area contributed by atoms with Gasteiger partial charge in [-0.1, -0.05) is 12.1 Å². The number of nitrogens with zero attached hydrogens (tertiary/aromatic N) is 3. The molecule has 0 saturated heterocycles. The molecule has 1 aromatic carbocycles. The van der Waals surface area contributed by atoms with Gasteiger partial charge in [0.25, 0.3) is 5.56 Å². The Kier molecular flexibility index (Phi) is 3.41. The molecular weight excluding hydrogens is 281 g/mol. The number of hydrogen-bond acceptors (Lipinski definition) is 2. The minimum Gasteiger partial charge on any atom is -0.289 e. The van der Waals surface area contributed by atoms with E-state index in [2.05, 4.69) is 11.7 Å². The second kappa shape index (κ2) is 5.26. The number of pyridine rings is 1. The van der Waals surface area contributed by atoms with Gasteiger partial charge in [0.2, 0.25) is 0 Å². The van der Waals surface area contributed by atoms with Gasteiger partial charge in [-0.3, -0.25) is 9.36 Å². The molecule has 22 heavy (non-hydrogen) atoms. The molecule has 3 aromatic rings. The van der Waals surface area contributed by atoms with Crippen LogP contribution in [0.3, 0.4) is 0 Å². The van der Waals surface area contributed by atoms with Crippen LogP contribution in [0, 0.1) is 19.7 Å². The van der Waals surface area contributed by atoms with Gasteiger partial charge < -0.3 is 0 Å². The molecule has 0 aliphatic heterocycles. The van der Waals surface area contributed by atoms with E-state index in [0.29, 0.717) is 17.9 Å². The van der Waals surface area contributed by atoms with E-state index in [1.165, 1.54) is 12.1 Å². The average Bonchev–Trinajstić information content (AvgIpc) is 2.81. The Morgan fingerprint density at radius 1 is 1.32 bits per heavy atom. The molecule has 2 heterocycles. The monoisotopic (exact) mass is 297 g/mol. The predicted octanol–water partition coefficient (Wildman–Crippen LogP) is 3.13. The van der Waals surface area contributed by atoms with Crippen molar-refractivity contribution < 1.29 is 4.39 Å². The first-order valence-corrected chi connectivity index (χ1v) is 6.99. The average molecular weight is 297 g/mol. The zero-order valence-corrected chi connectivity index (χ0v) is 12.5. The Morgan fingerprint density at radius 3 is 2.77 bits per heavy atom. The fraction of sp³-hybridized carbons (Fsp3) is 0.176. The lowest BCUT2D eigenvalue weighted by molar-refractivity contribution is 0.625. The third-order valence-corrected chi connectivity index (χ3v) is 3.66. The summed E-state index contributed by atoms with van der Waals surface area (Å²) in [6.45, 7) is 7.84. The minimum absolute atomic E-state index is 0.123. The van der Waals surface area contributed by atoms with E-state index in [1.54, 1.807) is 33.5 Å². The molecule has 4 nitrogen and oxygen atoms in total. The molecule has 0 unspecified atom stereocenters. The van der Waals surface area contributed by atoms with Gasteiger partial charge in [0.1, 0.15) is 11.5 Å². The Bertz CT molecular complexity index is 937. The summed E-state index contributed by atoms with van der Waals surface area (Å²) in [5.74, 6) is -0.343. The molecule has 0 fully saturated rings. The van der Waals surface area contributed by atoms with E-state index < -0.39 is 0 Å². The van der Waals surface area contributed by atoms with Crippen LogP contribution in [0.2, 0.25) is 0 Å². The highest BCUT2D eigenvalue weighted by Gasteiger charge is 2.16.